The van der Waals surface area contributed by atoms with Gasteiger partial charge in [0.2, 0.25) is 0 Å². The van der Waals surface area contributed by atoms with Crippen LogP contribution in [0.4, 0.5) is 0 Å². The topological polar surface area (TPSA) is 56.1 Å². The molecular formula is C11H16BrNO3S. The lowest BCUT2D eigenvalue weighted by Crippen LogP contribution is -2.33. The highest BCUT2D eigenvalue weighted by atomic mass is 79.9. The summed E-state index contributed by atoms with van der Waals surface area (Å²) in [5.74, 6) is -0.0349. The van der Waals surface area contributed by atoms with Gasteiger partial charge >= 0.3 is 0 Å². The maximum absolute atomic E-state index is 11.9. The number of sulfone groups is 1. The van der Waals surface area contributed by atoms with E-state index in [2.05, 4.69) is 15.9 Å². The smallest absolute Gasteiger partial charge is 0.264 e. The van der Waals surface area contributed by atoms with Crippen molar-refractivity contribution < 1.29 is 8.42 Å². The summed E-state index contributed by atoms with van der Waals surface area (Å²) < 4.78 is 24.8. The molecule has 0 aromatic carbocycles. The highest BCUT2D eigenvalue weighted by Gasteiger charge is 2.28. The van der Waals surface area contributed by atoms with Gasteiger partial charge in [0, 0.05) is 12.7 Å². The van der Waals surface area contributed by atoms with Crippen LogP contribution >= 0.6 is 15.9 Å². The quantitative estimate of drug-likeness (QED) is 0.853. The molecule has 0 aliphatic heterocycles. The van der Waals surface area contributed by atoms with Crippen LogP contribution in [0.25, 0.3) is 0 Å². The standard InChI is InChI=1S/C11H16BrNO3S/c1-11(2,3)17(15,16)8-7-13-6-4-5-9(12)10(13)14/h4-6H,7-8H2,1-3H3. The molecule has 17 heavy (non-hydrogen) atoms. The van der Waals surface area contributed by atoms with E-state index in [1.807, 2.05) is 0 Å². The minimum absolute atomic E-state index is 0.0349. The summed E-state index contributed by atoms with van der Waals surface area (Å²) >= 11 is 3.12. The molecule has 0 saturated heterocycles. The molecule has 1 heterocycles. The molecule has 0 radical (unpaired) electrons. The number of aromatic nitrogens is 1. The Bertz CT molecular complexity index is 555. The average Bonchev–Trinajstić information content (AvgIpc) is 2.18. The fraction of sp³-hybridized carbons (Fsp3) is 0.545. The first kappa shape index (κ1) is 14.4. The van der Waals surface area contributed by atoms with Gasteiger partial charge in [0.25, 0.3) is 5.56 Å². The van der Waals surface area contributed by atoms with Gasteiger partial charge in [0.1, 0.15) is 0 Å². The first-order chi connectivity index (χ1) is 7.65. The Balaban J connectivity index is 2.90. The Labute approximate surface area is 110 Å². The van der Waals surface area contributed by atoms with E-state index in [-0.39, 0.29) is 17.9 Å². The second-order valence-corrected chi connectivity index (χ2v) is 8.50. The molecule has 0 amide bonds. The van der Waals surface area contributed by atoms with Gasteiger partial charge in [-0.2, -0.15) is 0 Å². The first-order valence-corrected chi connectivity index (χ1v) is 7.67. The van der Waals surface area contributed by atoms with Crippen molar-refractivity contribution in [1.82, 2.24) is 4.57 Å². The molecule has 0 atom stereocenters. The molecule has 96 valence electrons. The number of hydrogen-bond acceptors (Lipinski definition) is 3. The molecule has 1 aromatic heterocycles. The maximum atomic E-state index is 11.9. The summed E-state index contributed by atoms with van der Waals surface area (Å²) in [7, 11) is -3.20. The lowest BCUT2D eigenvalue weighted by atomic mass is 10.3. The number of halogens is 1. The van der Waals surface area contributed by atoms with Crippen LogP contribution in [0.1, 0.15) is 20.8 Å². The number of pyridine rings is 1. The van der Waals surface area contributed by atoms with E-state index >= 15 is 0 Å². The van der Waals surface area contributed by atoms with Crippen LogP contribution in [0.2, 0.25) is 0 Å². The predicted molar refractivity (Wildman–Crippen MR) is 71.9 cm³/mol. The van der Waals surface area contributed by atoms with Crippen LogP contribution in [-0.2, 0) is 16.4 Å². The minimum atomic E-state index is -3.20. The summed E-state index contributed by atoms with van der Waals surface area (Å²) in [5, 5.41) is 0. The third-order valence-corrected chi connectivity index (χ3v) is 5.70. The van der Waals surface area contributed by atoms with Crippen LogP contribution in [-0.4, -0.2) is 23.5 Å². The van der Waals surface area contributed by atoms with Gasteiger partial charge in [-0.15, -0.1) is 0 Å². The SMILES string of the molecule is CC(C)(C)S(=O)(=O)CCn1cccc(Br)c1=O. The van der Waals surface area contributed by atoms with Gasteiger partial charge in [0.05, 0.1) is 15.0 Å². The van der Waals surface area contributed by atoms with Crippen LogP contribution in [0.15, 0.2) is 27.6 Å². The number of nitrogens with zero attached hydrogens (tertiary/aromatic N) is 1. The second kappa shape index (κ2) is 4.94. The zero-order chi connectivity index (χ0) is 13.3. The van der Waals surface area contributed by atoms with Crippen LogP contribution in [0, 0.1) is 0 Å². The number of rotatable bonds is 3. The van der Waals surface area contributed by atoms with Gasteiger partial charge in [-0.05, 0) is 48.8 Å². The average molecular weight is 322 g/mol. The van der Waals surface area contributed by atoms with Gasteiger partial charge < -0.3 is 4.57 Å². The van der Waals surface area contributed by atoms with E-state index in [0.717, 1.165) is 0 Å². The highest BCUT2D eigenvalue weighted by Crippen LogP contribution is 2.16. The molecule has 0 bridgehead atoms. The fourth-order valence-corrected chi connectivity index (χ4v) is 2.64. The summed E-state index contributed by atoms with van der Waals surface area (Å²) in [4.78, 5) is 11.7. The molecule has 0 N–H and O–H groups in total. The zero-order valence-electron chi connectivity index (χ0n) is 10.1. The molecule has 6 heteroatoms. The van der Waals surface area contributed by atoms with Crippen molar-refractivity contribution >= 4 is 25.8 Å². The highest BCUT2D eigenvalue weighted by molar-refractivity contribution is 9.10. The summed E-state index contributed by atoms with van der Waals surface area (Å²) in [6.45, 7) is 5.15. The van der Waals surface area contributed by atoms with Crippen molar-refractivity contribution in [2.75, 3.05) is 5.75 Å². The largest absolute Gasteiger partial charge is 0.314 e. The molecule has 0 aliphatic carbocycles. The van der Waals surface area contributed by atoms with E-state index in [1.54, 1.807) is 39.1 Å². The number of hydrogen-bond donors (Lipinski definition) is 0. The van der Waals surface area contributed by atoms with E-state index < -0.39 is 14.6 Å². The van der Waals surface area contributed by atoms with E-state index in [9.17, 15) is 13.2 Å². The molecule has 0 unspecified atom stereocenters. The van der Waals surface area contributed by atoms with Gasteiger partial charge in [-0.25, -0.2) is 8.42 Å². The Kier molecular flexibility index (Phi) is 4.19. The van der Waals surface area contributed by atoms with E-state index in [4.69, 9.17) is 0 Å². The monoisotopic (exact) mass is 321 g/mol. The minimum Gasteiger partial charge on any atom is -0.314 e. The zero-order valence-corrected chi connectivity index (χ0v) is 12.5. The van der Waals surface area contributed by atoms with Crippen LogP contribution in [0.3, 0.4) is 0 Å². The second-order valence-electron chi connectivity index (χ2n) is 4.79. The lowest BCUT2D eigenvalue weighted by molar-refractivity contribution is 0.552. The Hall–Kier alpha value is -0.620. The van der Waals surface area contributed by atoms with E-state index in [1.165, 1.54) is 4.57 Å². The molecule has 0 spiro atoms. The molecule has 4 nitrogen and oxygen atoms in total. The normalized spacial score (nSPS) is 12.7. The van der Waals surface area contributed by atoms with Crippen molar-refractivity contribution in [3.63, 3.8) is 0 Å². The molecular weight excluding hydrogens is 306 g/mol. The van der Waals surface area contributed by atoms with Crippen molar-refractivity contribution in [3.8, 4) is 0 Å². The Morgan fingerprint density at radius 3 is 2.47 bits per heavy atom. The molecule has 0 fully saturated rings. The van der Waals surface area contributed by atoms with Gasteiger partial charge in [-0.1, -0.05) is 0 Å². The Morgan fingerprint density at radius 2 is 1.94 bits per heavy atom. The summed E-state index contributed by atoms with van der Waals surface area (Å²) in [5.41, 5.74) is -0.211. The van der Waals surface area contributed by atoms with Gasteiger partial charge in [0.15, 0.2) is 9.84 Å². The first-order valence-electron chi connectivity index (χ1n) is 5.22. The third kappa shape index (κ3) is 3.42. The lowest BCUT2D eigenvalue weighted by Gasteiger charge is -2.19. The molecule has 0 aliphatic rings. The van der Waals surface area contributed by atoms with Crippen molar-refractivity contribution in [3.05, 3.63) is 33.2 Å². The predicted octanol–water partition coefficient (Wildman–Crippen LogP) is 1.82. The van der Waals surface area contributed by atoms with Gasteiger partial charge in [-0.3, -0.25) is 4.79 Å². The van der Waals surface area contributed by atoms with E-state index in [0.29, 0.717) is 4.47 Å². The summed E-state index contributed by atoms with van der Waals surface area (Å²) in [6.07, 6.45) is 1.59. The van der Waals surface area contributed by atoms with Crippen molar-refractivity contribution in [2.45, 2.75) is 32.1 Å². The molecule has 0 saturated carbocycles. The van der Waals surface area contributed by atoms with Crippen LogP contribution < -0.4 is 5.56 Å². The fourth-order valence-electron chi connectivity index (χ4n) is 1.21. The molecule has 1 rings (SSSR count). The molecule has 1 aromatic rings. The number of aryl methyl sites for hydroxylation is 1. The van der Waals surface area contributed by atoms with Crippen LogP contribution in [0.5, 0.6) is 0 Å². The summed E-state index contributed by atoms with van der Waals surface area (Å²) in [6, 6.07) is 3.34. The van der Waals surface area contributed by atoms with Crippen molar-refractivity contribution in [1.29, 1.82) is 0 Å². The van der Waals surface area contributed by atoms with Crippen molar-refractivity contribution in [2.24, 2.45) is 0 Å². The maximum Gasteiger partial charge on any atom is 0.264 e. The third-order valence-electron chi connectivity index (χ3n) is 2.51. The Morgan fingerprint density at radius 1 is 1.35 bits per heavy atom.